The minimum absolute atomic E-state index is 0.0598. The molecule has 1 aromatic heterocycles. The number of rotatable bonds is 6. The molecule has 1 amide bonds. The van der Waals surface area contributed by atoms with E-state index in [1.807, 2.05) is 13.8 Å². The van der Waals surface area contributed by atoms with E-state index in [4.69, 9.17) is 9.15 Å². The van der Waals surface area contributed by atoms with Crippen LogP contribution in [0.15, 0.2) is 58.4 Å². The second-order valence-corrected chi connectivity index (χ2v) is 6.55. The molecule has 1 aliphatic heterocycles. The maximum Gasteiger partial charge on any atom is 0.294 e. The molecular weight excluding hydrogens is 334 g/mol. The number of para-hydroxylation sites is 2. The lowest BCUT2D eigenvalue weighted by Crippen LogP contribution is -2.31. The van der Waals surface area contributed by atoms with Gasteiger partial charge in [0.2, 0.25) is 0 Å². The van der Waals surface area contributed by atoms with Crippen molar-refractivity contribution in [1.29, 1.82) is 0 Å². The third-order valence-corrected chi connectivity index (χ3v) is 4.26. The maximum absolute atomic E-state index is 12.8. The fourth-order valence-electron chi connectivity index (χ4n) is 3.16. The molecule has 0 bridgehead atoms. The summed E-state index contributed by atoms with van der Waals surface area (Å²) in [7, 11) is 1.50. The molecule has 6 heteroatoms. The van der Waals surface area contributed by atoms with Gasteiger partial charge in [-0.05, 0) is 30.2 Å². The lowest BCUT2D eigenvalue weighted by Gasteiger charge is -2.26. The molecule has 1 atom stereocenters. The second-order valence-electron chi connectivity index (χ2n) is 6.55. The van der Waals surface area contributed by atoms with Crippen molar-refractivity contribution in [1.82, 2.24) is 0 Å². The van der Waals surface area contributed by atoms with E-state index in [9.17, 15) is 14.7 Å². The zero-order chi connectivity index (χ0) is 18.8. The second kappa shape index (κ2) is 7.07. The van der Waals surface area contributed by atoms with Crippen molar-refractivity contribution in [2.75, 3.05) is 12.0 Å². The van der Waals surface area contributed by atoms with Crippen LogP contribution in [0.5, 0.6) is 5.75 Å². The summed E-state index contributed by atoms with van der Waals surface area (Å²) >= 11 is 0. The summed E-state index contributed by atoms with van der Waals surface area (Å²) in [5, 5.41) is 10.5. The molecule has 0 aliphatic carbocycles. The molecule has 136 valence electrons. The zero-order valence-corrected chi connectivity index (χ0v) is 14.9. The molecule has 1 aromatic carbocycles. The number of hydrogen-bond donors (Lipinski definition) is 1. The molecule has 0 saturated heterocycles. The zero-order valence-electron chi connectivity index (χ0n) is 14.9. The summed E-state index contributed by atoms with van der Waals surface area (Å²) in [4.78, 5) is 27.0. The summed E-state index contributed by atoms with van der Waals surface area (Å²) in [5.74, 6) is -0.505. The highest BCUT2D eigenvalue weighted by molar-refractivity contribution is 6.16. The Labute approximate surface area is 151 Å². The average Bonchev–Trinajstić information content (AvgIpc) is 3.22. The lowest BCUT2D eigenvalue weighted by molar-refractivity contribution is -0.118. The fraction of sp³-hybridized carbons (Fsp3) is 0.300. The Kier molecular flexibility index (Phi) is 4.84. The Morgan fingerprint density at radius 3 is 2.62 bits per heavy atom. The molecule has 0 spiro atoms. The first kappa shape index (κ1) is 17.8. The van der Waals surface area contributed by atoms with Crippen LogP contribution < -0.4 is 9.64 Å². The van der Waals surface area contributed by atoms with Crippen molar-refractivity contribution in [2.45, 2.75) is 26.3 Å². The van der Waals surface area contributed by atoms with Crippen molar-refractivity contribution in [3.63, 3.8) is 0 Å². The number of carbonyl (C=O) groups excluding carboxylic acids is 2. The molecule has 1 N–H and O–H groups in total. The van der Waals surface area contributed by atoms with Crippen LogP contribution in [0.3, 0.4) is 0 Å². The van der Waals surface area contributed by atoms with Gasteiger partial charge in [-0.2, -0.15) is 0 Å². The van der Waals surface area contributed by atoms with E-state index in [2.05, 4.69) is 0 Å². The van der Waals surface area contributed by atoms with E-state index < -0.39 is 17.7 Å². The van der Waals surface area contributed by atoms with Gasteiger partial charge in [0.1, 0.15) is 17.6 Å². The standard InChI is InChI=1S/C20H21NO5/c1-12(2)11-14(22)17-18(16-9-6-10-26-16)21(20(24)19(17)23)13-7-4-5-8-15(13)25-3/h4-10,12,18,23H,11H2,1-3H3. The topological polar surface area (TPSA) is 80.0 Å². The summed E-state index contributed by atoms with van der Waals surface area (Å²) in [6.07, 6.45) is 1.70. The van der Waals surface area contributed by atoms with Crippen LogP contribution in [0.4, 0.5) is 5.69 Å². The molecule has 6 nitrogen and oxygen atoms in total. The molecule has 3 rings (SSSR count). The summed E-state index contributed by atoms with van der Waals surface area (Å²) in [6, 6.07) is 9.49. The molecule has 2 heterocycles. The number of Topliss-reactive ketones (excluding diaryl/α,β-unsaturated/α-hetero) is 1. The molecule has 26 heavy (non-hydrogen) atoms. The van der Waals surface area contributed by atoms with Gasteiger partial charge >= 0.3 is 0 Å². The van der Waals surface area contributed by atoms with Crippen LogP contribution in [0.2, 0.25) is 0 Å². The van der Waals surface area contributed by atoms with E-state index in [0.29, 0.717) is 17.2 Å². The number of ether oxygens (including phenoxy) is 1. The van der Waals surface area contributed by atoms with Crippen LogP contribution in [-0.2, 0) is 9.59 Å². The minimum Gasteiger partial charge on any atom is -0.503 e. The van der Waals surface area contributed by atoms with Gasteiger partial charge < -0.3 is 14.3 Å². The van der Waals surface area contributed by atoms with Gasteiger partial charge in [-0.1, -0.05) is 26.0 Å². The first-order valence-electron chi connectivity index (χ1n) is 8.42. The Bertz CT molecular complexity index is 851. The minimum atomic E-state index is -0.833. The van der Waals surface area contributed by atoms with Crippen LogP contribution in [0, 0.1) is 5.92 Å². The van der Waals surface area contributed by atoms with Crippen LogP contribution in [0.25, 0.3) is 0 Å². The van der Waals surface area contributed by atoms with Gasteiger partial charge in [0.25, 0.3) is 5.91 Å². The molecule has 1 aliphatic rings. The quantitative estimate of drug-likeness (QED) is 0.852. The third-order valence-electron chi connectivity index (χ3n) is 4.26. The predicted octanol–water partition coefficient (Wildman–Crippen LogP) is 3.80. The van der Waals surface area contributed by atoms with E-state index in [1.165, 1.54) is 18.3 Å². The number of nitrogens with zero attached hydrogens (tertiary/aromatic N) is 1. The number of hydrogen-bond acceptors (Lipinski definition) is 5. The molecule has 0 saturated carbocycles. The Hall–Kier alpha value is -3.02. The van der Waals surface area contributed by atoms with Crippen LogP contribution in [0.1, 0.15) is 32.1 Å². The number of aliphatic hydroxyl groups excluding tert-OH is 1. The first-order valence-corrected chi connectivity index (χ1v) is 8.42. The number of methoxy groups -OCH3 is 1. The van der Waals surface area contributed by atoms with Crippen molar-refractivity contribution >= 4 is 17.4 Å². The van der Waals surface area contributed by atoms with Gasteiger partial charge in [0, 0.05) is 6.42 Å². The highest BCUT2D eigenvalue weighted by atomic mass is 16.5. The number of aliphatic hydroxyl groups is 1. The number of furan rings is 1. The Morgan fingerprint density at radius 2 is 2.00 bits per heavy atom. The molecule has 2 aromatic rings. The predicted molar refractivity (Wildman–Crippen MR) is 96.0 cm³/mol. The van der Waals surface area contributed by atoms with Gasteiger partial charge in [0.05, 0.1) is 24.6 Å². The molecule has 0 radical (unpaired) electrons. The monoisotopic (exact) mass is 355 g/mol. The maximum atomic E-state index is 12.8. The van der Waals surface area contributed by atoms with Crippen molar-refractivity contribution in [2.24, 2.45) is 5.92 Å². The fourth-order valence-corrected chi connectivity index (χ4v) is 3.16. The third kappa shape index (κ3) is 2.98. The summed E-state index contributed by atoms with van der Waals surface area (Å²) in [5.41, 5.74) is 0.518. The van der Waals surface area contributed by atoms with Crippen LogP contribution >= 0.6 is 0 Å². The van der Waals surface area contributed by atoms with Gasteiger partial charge in [-0.3, -0.25) is 14.5 Å². The smallest absolute Gasteiger partial charge is 0.294 e. The first-order chi connectivity index (χ1) is 12.5. The molecular formula is C20H21NO5. The van der Waals surface area contributed by atoms with E-state index in [0.717, 1.165) is 0 Å². The van der Waals surface area contributed by atoms with Crippen molar-refractivity contribution in [3.8, 4) is 5.75 Å². The lowest BCUT2D eigenvalue weighted by atomic mass is 9.95. The van der Waals surface area contributed by atoms with E-state index in [1.54, 1.807) is 36.4 Å². The number of amides is 1. The Balaban J connectivity index is 2.14. The van der Waals surface area contributed by atoms with Gasteiger partial charge in [-0.15, -0.1) is 0 Å². The van der Waals surface area contributed by atoms with Crippen LogP contribution in [-0.4, -0.2) is 23.9 Å². The van der Waals surface area contributed by atoms with Gasteiger partial charge in [0.15, 0.2) is 11.5 Å². The average molecular weight is 355 g/mol. The largest absolute Gasteiger partial charge is 0.503 e. The highest BCUT2D eigenvalue weighted by Gasteiger charge is 2.46. The van der Waals surface area contributed by atoms with Crippen molar-refractivity contribution < 1.29 is 23.8 Å². The molecule has 0 fully saturated rings. The number of anilines is 1. The normalized spacial score (nSPS) is 17.3. The van der Waals surface area contributed by atoms with Gasteiger partial charge in [-0.25, -0.2) is 0 Å². The molecule has 1 unspecified atom stereocenters. The van der Waals surface area contributed by atoms with Crippen molar-refractivity contribution in [3.05, 3.63) is 59.8 Å². The number of carbonyl (C=O) groups is 2. The van der Waals surface area contributed by atoms with E-state index in [-0.39, 0.29) is 23.7 Å². The SMILES string of the molecule is COc1ccccc1N1C(=O)C(O)=C(C(=O)CC(C)C)C1c1ccco1. The highest BCUT2D eigenvalue weighted by Crippen LogP contribution is 2.44. The Morgan fingerprint density at radius 1 is 1.27 bits per heavy atom. The number of ketones is 1. The summed E-state index contributed by atoms with van der Waals surface area (Å²) in [6.45, 7) is 3.82. The summed E-state index contributed by atoms with van der Waals surface area (Å²) < 4.78 is 10.9. The van der Waals surface area contributed by atoms with E-state index >= 15 is 0 Å². The number of benzene rings is 1.